The van der Waals surface area contributed by atoms with Gasteiger partial charge in [0.15, 0.2) is 0 Å². The Labute approximate surface area is 200 Å². The number of amides is 4. The molecule has 0 radical (unpaired) electrons. The Balaban J connectivity index is 1.11. The lowest BCUT2D eigenvalue weighted by Gasteiger charge is -2.54. The third kappa shape index (κ3) is 3.85. The first kappa shape index (κ1) is 21.9. The van der Waals surface area contributed by atoms with Crippen LogP contribution in [-0.4, -0.2) is 70.3 Å². The maximum atomic E-state index is 13.4. The van der Waals surface area contributed by atoms with Crippen LogP contribution in [0.1, 0.15) is 57.1 Å². The Morgan fingerprint density at radius 2 is 2.09 bits per heavy atom. The van der Waals surface area contributed by atoms with Crippen molar-refractivity contribution in [1.82, 2.24) is 20.0 Å². The van der Waals surface area contributed by atoms with Gasteiger partial charge in [-0.1, -0.05) is 18.1 Å². The predicted molar refractivity (Wildman–Crippen MR) is 124 cm³/mol. The molecule has 182 valence electrons. The number of rotatable bonds is 5. The topological polar surface area (TPSA) is 86.1 Å². The van der Waals surface area contributed by atoms with Crippen LogP contribution in [0.15, 0.2) is 34.5 Å². The molecule has 5 heterocycles. The average molecular weight is 467 g/mol. The quantitative estimate of drug-likeness (QED) is 0.533. The molecule has 0 saturated carbocycles. The molecule has 4 aliphatic heterocycles. The number of piperidine rings is 3. The third-order valence-electron chi connectivity index (χ3n) is 8.63. The van der Waals surface area contributed by atoms with E-state index in [0.717, 1.165) is 25.9 Å². The number of nitrogens with one attached hydrogen (secondary N) is 1. The molecule has 8 heteroatoms. The molecule has 0 aromatic carbocycles. The molecule has 34 heavy (non-hydrogen) atoms. The maximum absolute atomic E-state index is 13.4. The number of likely N-dealkylation sites (tertiary alicyclic amines) is 1. The summed E-state index contributed by atoms with van der Waals surface area (Å²) in [4.78, 5) is 44.5. The normalized spacial score (nSPS) is 33.3. The van der Waals surface area contributed by atoms with E-state index in [-0.39, 0.29) is 30.8 Å². The predicted octanol–water partition coefficient (Wildman–Crippen LogP) is 2.90. The molecular weight excluding hydrogens is 432 g/mol. The monoisotopic (exact) mass is 466 g/mol. The van der Waals surface area contributed by atoms with Crippen molar-refractivity contribution in [2.75, 3.05) is 19.6 Å². The number of urea groups is 1. The Morgan fingerprint density at radius 3 is 2.94 bits per heavy atom. The summed E-state index contributed by atoms with van der Waals surface area (Å²) in [6.07, 6.45) is 11.9. The van der Waals surface area contributed by atoms with Gasteiger partial charge in [-0.25, -0.2) is 4.79 Å². The molecule has 1 aromatic heterocycles. The standard InChI is InChI=1S/C26H34N4O4/c31-23(9-8-21-25(32)30(26(33)27-21)16-20-6-4-12-34-20)29-11-3-5-17-13-18-14-19(24(17)29)15-28-10-2-1-7-22(18)28/h4,6,12-13,18-19,21-22,24H,1-3,5,7-11,14-16H2,(H,27,33)/t18-,19-,21-,22+,24-/m0/s1. The summed E-state index contributed by atoms with van der Waals surface area (Å²) in [7, 11) is 0. The Hall–Kier alpha value is -2.61. The summed E-state index contributed by atoms with van der Waals surface area (Å²) in [6.45, 7) is 3.21. The Kier molecular flexibility index (Phi) is 5.71. The average Bonchev–Trinajstić information content (AvgIpc) is 3.46. The molecule has 1 N–H and O–H groups in total. The smallest absolute Gasteiger partial charge is 0.325 e. The minimum absolute atomic E-state index is 0.112. The molecule has 4 saturated heterocycles. The number of furan rings is 1. The summed E-state index contributed by atoms with van der Waals surface area (Å²) < 4.78 is 5.28. The van der Waals surface area contributed by atoms with Crippen molar-refractivity contribution in [3.05, 3.63) is 35.8 Å². The van der Waals surface area contributed by atoms with Gasteiger partial charge in [-0.15, -0.1) is 0 Å². The van der Waals surface area contributed by atoms with E-state index < -0.39 is 12.1 Å². The molecule has 1 aromatic rings. The first-order valence-corrected chi connectivity index (χ1v) is 13.0. The summed E-state index contributed by atoms with van der Waals surface area (Å²) in [6, 6.07) is 3.32. The van der Waals surface area contributed by atoms with Crippen molar-refractivity contribution >= 4 is 17.8 Å². The van der Waals surface area contributed by atoms with Crippen molar-refractivity contribution < 1.29 is 18.8 Å². The number of hydrogen-bond acceptors (Lipinski definition) is 5. The second-order valence-electron chi connectivity index (χ2n) is 10.6. The number of hydrogen-bond donors (Lipinski definition) is 1. The van der Waals surface area contributed by atoms with Crippen LogP contribution in [0.2, 0.25) is 0 Å². The molecule has 4 amide bonds. The van der Waals surface area contributed by atoms with E-state index in [1.165, 1.54) is 49.0 Å². The largest absolute Gasteiger partial charge is 0.467 e. The third-order valence-corrected chi connectivity index (χ3v) is 8.63. The van der Waals surface area contributed by atoms with Gasteiger partial charge in [0.2, 0.25) is 5.91 Å². The zero-order valence-corrected chi connectivity index (χ0v) is 19.7. The molecule has 2 bridgehead atoms. The number of fused-ring (bicyclic) bond motifs is 6. The number of carbonyl (C=O) groups excluding carboxylic acids is 3. The van der Waals surface area contributed by atoms with E-state index in [9.17, 15) is 14.4 Å². The van der Waals surface area contributed by atoms with Crippen molar-refractivity contribution in [3.8, 4) is 0 Å². The van der Waals surface area contributed by atoms with Crippen molar-refractivity contribution in [2.24, 2.45) is 11.8 Å². The highest BCUT2D eigenvalue weighted by molar-refractivity contribution is 6.04. The summed E-state index contributed by atoms with van der Waals surface area (Å²) in [5.74, 6) is 1.55. The summed E-state index contributed by atoms with van der Waals surface area (Å²) in [5, 5.41) is 2.75. The zero-order valence-electron chi connectivity index (χ0n) is 19.7. The lowest BCUT2D eigenvalue weighted by Crippen LogP contribution is -2.60. The minimum atomic E-state index is -0.647. The van der Waals surface area contributed by atoms with Crippen LogP contribution < -0.4 is 5.32 Å². The first-order valence-electron chi connectivity index (χ1n) is 13.0. The van der Waals surface area contributed by atoms with E-state index in [1.54, 1.807) is 12.1 Å². The van der Waals surface area contributed by atoms with E-state index >= 15 is 0 Å². The molecule has 8 nitrogen and oxygen atoms in total. The Bertz CT molecular complexity index is 989. The van der Waals surface area contributed by atoms with Crippen molar-refractivity contribution in [2.45, 2.75) is 76.0 Å². The SMILES string of the molecule is O=C1N[C@@H](CCC(=O)N2CCCC3=C[C@H]4C[C@@H](CN5CCCC[C@H]45)[C@H]32)C(=O)N1Cc1ccco1. The molecule has 0 spiro atoms. The first-order chi connectivity index (χ1) is 16.6. The molecular formula is C26H34N4O4. The second kappa shape index (κ2) is 8.87. The van der Waals surface area contributed by atoms with E-state index in [2.05, 4.69) is 21.2 Å². The molecule has 4 fully saturated rings. The number of nitrogens with zero attached hydrogens (tertiary/aromatic N) is 3. The molecule has 0 unspecified atom stereocenters. The highest BCUT2D eigenvalue weighted by Crippen LogP contribution is 2.45. The van der Waals surface area contributed by atoms with Gasteiger partial charge in [0.1, 0.15) is 11.8 Å². The van der Waals surface area contributed by atoms with Crippen LogP contribution in [-0.2, 0) is 16.1 Å². The van der Waals surface area contributed by atoms with Gasteiger partial charge >= 0.3 is 6.03 Å². The van der Waals surface area contributed by atoms with Gasteiger partial charge < -0.3 is 14.6 Å². The fourth-order valence-corrected chi connectivity index (χ4v) is 7.15. The van der Waals surface area contributed by atoms with Crippen LogP contribution in [0.3, 0.4) is 0 Å². The van der Waals surface area contributed by atoms with Crippen molar-refractivity contribution in [3.63, 3.8) is 0 Å². The fourth-order valence-electron chi connectivity index (χ4n) is 7.15. The van der Waals surface area contributed by atoms with E-state index in [0.29, 0.717) is 30.1 Å². The van der Waals surface area contributed by atoms with Crippen molar-refractivity contribution in [1.29, 1.82) is 0 Å². The number of carbonyl (C=O) groups is 3. The summed E-state index contributed by atoms with van der Waals surface area (Å²) >= 11 is 0. The van der Waals surface area contributed by atoms with Crippen LogP contribution >= 0.6 is 0 Å². The van der Waals surface area contributed by atoms with Gasteiger partial charge in [0.05, 0.1) is 18.8 Å². The second-order valence-corrected chi connectivity index (χ2v) is 10.6. The molecule has 6 rings (SSSR count). The molecule has 1 aliphatic carbocycles. The number of imide groups is 1. The lowest BCUT2D eigenvalue weighted by atomic mass is 9.68. The van der Waals surface area contributed by atoms with E-state index in [1.807, 2.05) is 0 Å². The highest BCUT2D eigenvalue weighted by Gasteiger charge is 2.47. The van der Waals surface area contributed by atoms with Gasteiger partial charge in [-0.3, -0.25) is 19.4 Å². The molecule has 5 aliphatic rings. The van der Waals surface area contributed by atoms with Gasteiger partial charge in [0.25, 0.3) is 5.91 Å². The Morgan fingerprint density at radius 1 is 1.18 bits per heavy atom. The maximum Gasteiger partial charge on any atom is 0.325 e. The van der Waals surface area contributed by atoms with Crippen LogP contribution in [0.4, 0.5) is 4.79 Å². The molecule has 5 atom stereocenters. The fraction of sp³-hybridized carbons (Fsp3) is 0.654. The van der Waals surface area contributed by atoms with Crippen LogP contribution in [0.25, 0.3) is 0 Å². The van der Waals surface area contributed by atoms with Gasteiger partial charge in [-0.05, 0) is 69.0 Å². The van der Waals surface area contributed by atoms with Crippen LogP contribution in [0, 0.1) is 11.8 Å². The highest BCUT2D eigenvalue weighted by atomic mass is 16.3. The van der Waals surface area contributed by atoms with Gasteiger partial charge in [0, 0.05) is 25.6 Å². The van der Waals surface area contributed by atoms with Gasteiger partial charge in [-0.2, -0.15) is 0 Å². The summed E-state index contributed by atoms with van der Waals surface area (Å²) in [5.41, 5.74) is 1.47. The zero-order chi connectivity index (χ0) is 23.2. The minimum Gasteiger partial charge on any atom is -0.467 e. The lowest BCUT2D eigenvalue weighted by molar-refractivity contribution is -0.136. The van der Waals surface area contributed by atoms with Crippen LogP contribution in [0.5, 0.6) is 0 Å². The van der Waals surface area contributed by atoms with E-state index in [4.69, 9.17) is 4.42 Å².